The first-order chi connectivity index (χ1) is 11.1. The number of rotatable bonds is 3. The third-order valence-electron chi connectivity index (χ3n) is 4.22. The number of fused-ring (bicyclic) bond motifs is 1. The van der Waals surface area contributed by atoms with E-state index in [9.17, 15) is 9.59 Å². The number of hydrogen-bond acceptors (Lipinski definition) is 2. The van der Waals surface area contributed by atoms with Crippen molar-refractivity contribution in [2.24, 2.45) is 5.92 Å². The second kappa shape index (κ2) is 5.28. The van der Waals surface area contributed by atoms with Gasteiger partial charge in [0.1, 0.15) is 0 Å². The molecular formula is C17H14ClN3O2. The van der Waals surface area contributed by atoms with E-state index in [1.165, 1.54) is 0 Å². The Morgan fingerprint density at radius 3 is 2.74 bits per heavy atom. The van der Waals surface area contributed by atoms with Crippen molar-refractivity contribution < 1.29 is 4.79 Å². The van der Waals surface area contributed by atoms with Crippen molar-refractivity contribution in [3.05, 3.63) is 63.5 Å². The van der Waals surface area contributed by atoms with Gasteiger partial charge in [-0.1, -0.05) is 29.8 Å². The van der Waals surface area contributed by atoms with Crippen LogP contribution in [0.15, 0.2) is 47.3 Å². The van der Waals surface area contributed by atoms with Gasteiger partial charge in [0.2, 0.25) is 5.91 Å². The van der Waals surface area contributed by atoms with Gasteiger partial charge in [-0.25, -0.2) is 4.79 Å². The van der Waals surface area contributed by atoms with Crippen molar-refractivity contribution in [2.75, 3.05) is 5.32 Å². The van der Waals surface area contributed by atoms with Crippen LogP contribution in [0.3, 0.4) is 0 Å². The lowest BCUT2D eigenvalue weighted by atomic mass is 10.1. The fraction of sp³-hybridized carbons (Fsp3) is 0.176. The predicted molar refractivity (Wildman–Crippen MR) is 89.8 cm³/mol. The quantitative estimate of drug-likeness (QED) is 0.690. The van der Waals surface area contributed by atoms with E-state index in [4.69, 9.17) is 11.6 Å². The summed E-state index contributed by atoms with van der Waals surface area (Å²) in [6.45, 7) is 0. The molecule has 5 nitrogen and oxygen atoms in total. The summed E-state index contributed by atoms with van der Waals surface area (Å²) < 4.78 is 0. The summed E-state index contributed by atoms with van der Waals surface area (Å²) in [5.74, 6) is 0.0996. The minimum atomic E-state index is -0.260. The third-order valence-corrected chi connectivity index (χ3v) is 4.56. The van der Waals surface area contributed by atoms with Crippen LogP contribution in [0, 0.1) is 5.92 Å². The van der Waals surface area contributed by atoms with Gasteiger partial charge in [0, 0.05) is 16.6 Å². The van der Waals surface area contributed by atoms with Crippen molar-refractivity contribution in [1.29, 1.82) is 0 Å². The number of halogens is 1. The van der Waals surface area contributed by atoms with Gasteiger partial charge in [0.25, 0.3) is 0 Å². The zero-order valence-corrected chi connectivity index (χ0v) is 12.9. The Kier molecular flexibility index (Phi) is 3.23. The fourth-order valence-corrected chi connectivity index (χ4v) is 3.23. The van der Waals surface area contributed by atoms with Gasteiger partial charge in [-0.15, -0.1) is 0 Å². The molecule has 0 aliphatic heterocycles. The van der Waals surface area contributed by atoms with Gasteiger partial charge in [-0.05, 0) is 42.2 Å². The van der Waals surface area contributed by atoms with Crippen LogP contribution in [0.4, 0.5) is 5.69 Å². The van der Waals surface area contributed by atoms with Gasteiger partial charge < -0.3 is 15.3 Å². The minimum Gasteiger partial charge on any atom is -0.326 e. The SMILES string of the molecule is O=C(Nc1ccc2[nH]c(=O)[nH]c2c1)[C@@H]1C[C@H]1c1ccccc1Cl. The number of H-pyrrole nitrogens is 2. The minimum absolute atomic E-state index is 0.0212. The van der Waals surface area contributed by atoms with Gasteiger partial charge >= 0.3 is 5.69 Å². The largest absolute Gasteiger partial charge is 0.326 e. The number of carbonyl (C=O) groups is 1. The number of anilines is 1. The molecule has 1 saturated carbocycles. The number of hydrogen-bond donors (Lipinski definition) is 3. The Morgan fingerprint density at radius 1 is 1.13 bits per heavy atom. The standard InChI is InChI=1S/C17H14ClN3O2/c18-13-4-2-1-3-10(13)11-8-12(11)16(22)19-9-5-6-14-15(7-9)21-17(23)20-14/h1-7,11-12H,8H2,(H,19,22)(H2,20,21,23)/t11-,12+/m0/s1. The topological polar surface area (TPSA) is 77.8 Å². The normalized spacial score (nSPS) is 19.7. The lowest BCUT2D eigenvalue weighted by Gasteiger charge is -2.06. The Labute approximate surface area is 136 Å². The van der Waals surface area contributed by atoms with Gasteiger partial charge in [0.15, 0.2) is 0 Å². The molecule has 0 saturated heterocycles. The Balaban J connectivity index is 1.50. The summed E-state index contributed by atoms with van der Waals surface area (Å²) in [5, 5.41) is 3.61. The Hall–Kier alpha value is -2.53. The van der Waals surface area contributed by atoms with Crippen LogP contribution in [0.1, 0.15) is 17.9 Å². The summed E-state index contributed by atoms with van der Waals surface area (Å²) in [6, 6.07) is 12.9. The number of aromatic amines is 2. The van der Waals surface area contributed by atoms with Crippen LogP contribution in [-0.2, 0) is 4.79 Å². The molecule has 1 heterocycles. The van der Waals surface area contributed by atoms with Gasteiger partial charge in [-0.3, -0.25) is 4.79 Å². The number of nitrogens with one attached hydrogen (secondary N) is 3. The maximum atomic E-state index is 12.4. The maximum absolute atomic E-state index is 12.4. The smallest absolute Gasteiger partial charge is 0.323 e. The van der Waals surface area contributed by atoms with Crippen LogP contribution >= 0.6 is 11.6 Å². The van der Waals surface area contributed by atoms with E-state index in [-0.39, 0.29) is 23.4 Å². The molecule has 0 bridgehead atoms. The van der Waals surface area contributed by atoms with Crippen molar-refractivity contribution >= 4 is 34.2 Å². The summed E-state index contributed by atoms with van der Waals surface area (Å²) >= 11 is 6.19. The second-order valence-electron chi connectivity index (χ2n) is 5.80. The lowest BCUT2D eigenvalue weighted by molar-refractivity contribution is -0.117. The zero-order valence-electron chi connectivity index (χ0n) is 12.1. The highest BCUT2D eigenvalue weighted by molar-refractivity contribution is 6.31. The molecule has 1 amide bonds. The molecule has 1 aromatic heterocycles. The van der Waals surface area contributed by atoms with Crippen molar-refractivity contribution in [2.45, 2.75) is 12.3 Å². The highest BCUT2D eigenvalue weighted by Gasteiger charge is 2.44. The first-order valence-electron chi connectivity index (χ1n) is 7.39. The average molecular weight is 328 g/mol. The second-order valence-corrected chi connectivity index (χ2v) is 6.21. The molecule has 4 rings (SSSR count). The first kappa shape index (κ1) is 14.1. The molecule has 0 unspecified atom stereocenters. The highest BCUT2D eigenvalue weighted by atomic mass is 35.5. The third kappa shape index (κ3) is 2.64. The van der Waals surface area contributed by atoms with E-state index in [0.717, 1.165) is 12.0 Å². The molecule has 0 radical (unpaired) electrons. The summed E-state index contributed by atoms with van der Waals surface area (Å²) in [6.07, 6.45) is 0.804. The van der Waals surface area contributed by atoms with Crippen LogP contribution in [0.5, 0.6) is 0 Å². The Bertz CT molecular complexity index is 960. The average Bonchev–Trinajstić information content (AvgIpc) is 3.23. The number of carbonyl (C=O) groups excluding carboxylic acids is 1. The molecule has 23 heavy (non-hydrogen) atoms. The summed E-state index contributed by atoms with van der Waals surface area (Å²) in [7, 11) is 0. The van der Waals surface area contributed by atoms with E-state index in [2.05, 4.69) is 15.3 Å². The van der Waals surface area contributed by atoms with Crippen molar-refractivity contribution in [3.8, 4) is 0 Å². The monoisotopic (exact) mass is 327 g/mol. The molecule has 1 fully saturated rings. The molecule has 3 N–H and O–H groups in total. The molecule has 116 valence electrons. The molecule has 3 aromatic rings. The molecule has 6 heteroatoms. The molecule has 1 aliphatic carbocycles. The van der Waals surface area contributed by atoms with Crippen LogP contribution in [0.25, 0.3) is 11.0 Å². The van der Waals surface area contributed by atoms with Gasteiger partial charge in [0.05, 0.1) is 11.0 Å². The van der Waals surface area contributed by atoms with E-state index in [0.29, 0.717) is 21.7 Å². The highest BCUT2D eigenvalue weighted by Crippen LogP contribution is 2.50. The van der Waals surface area contributed by atoms with E-state index >= 15 is 0 Å². The summed E-state index contributed by atoms with van der Waals surface area (Å²) in [5.41, 5.74) is 2.83. The van der Waals surface area contributed by atoms with E-state index < -0.39 is 0 Å². The van der Waals surface area contributed by atoms with E-state index in [1.807, 2.05) is 24.3 Å². The predicted octanol–water partition coefficient (Wildman–Crippen LogP) is 3.25. The van der Waals surface area contributed by atoms with Crippen LogP contribution in [-0.4, -0.2) is 15.9 Å². The lowest BCUT2D eigenvalue weighted by Crippen LogP contribution is -2.14. The number of aromatic nitrogens is 2. The number of amides is 1. The van der Waals surface area contributed by atoms with E-state index in [1.54, 1.807) is 18.2 Å². The molecule has 2 aromatic carbocycles. The molecule has 2 atom stereocenters. The number of benzene rings is 2. The zero-order chi connectivity index (χ0) is 16.0. The first-order valence-corrected chi connectivity index (χ1v) is 7.77. The van der Waals surface area contributed by atoms with Crippen molar-refractivity contribution in [1.82, 2.24) is 9.97 Å². The van der Waals surface area contributed by atoms with Crippen LogP contribution in [0.2, 0.25) is 5.02 Å². The maximum Gasteiger partial charge on any atom is 0.323 e. The molecule has 0 spiro atoms. The number of imidazole rings is 1. The van der Waals surface area contributed by atoms with Crippen molar-refractivity contribution in [3.63, 3.8) is 0 Å². The molecular weight excluding hydrogens is 314 g/mol. The fourth-order valence-electron chi connectivity index (χ4n) is 2.95. The molecule has 1 aliphatic rings. The summed E-state index contributed by atoms with van der Waals surface area (Å²) in [4.78, 5) is 29.0. The Morgan fingerprint density at radius 2 is 1.91 bits per heavy atom. The van der Waals surface area contributed by atoms with Gasteiger partial charge in [-0.2, -0.15) is 0 Å². The van der Waals surface area contributed by atoms with Crippen LogP contribution < -0.4 is 11.0 Å².